The first-order valence-electron chi connectivity index (χ1n) is 6.21. The van der Waals surface area contributed by atoms with Gasteiger partial charge >= 0.3 is 0 Å². The lowest BCUT2D eigenvalue weighted by Crippen LogP contribution is -2.41. The van der Waals surface area contributed by atoms with Gasteiger partial charge in [0.15, 0.2) is 0 Å². The van der Waals surface area contributed by atoms with E-state index in [1.54, 1.807) is 16.3 Å². The highest BCUT2D eigenvalue weighted by Crippen LogP contribution is 2.19. The third-order valence-corrected chi connectivity index (χ3v) is 5.89. The third kappa shape index (κ3) is 4.16. The molecule has 0 aliphatic rings. The predicted molar refractivity (Wildman–Crippen MR) is 81.2 cm³/mol. The molecule has 0 spiro atoms. The van der Waals surface area contributed by atoms with Crippen LogP contribution in [0.4, 0.5) is 0 Å². The molecule has 0 saturated heterocycles. The summed E-state index contributed by atoms with van der Waals surface area (Å²) in [6.07, 6.45) is 0. The molecule has 5 nitrogen and oxygen atoms in total. The van der Waals surface area contributed by atoms with Gasteiger partial charge in [0.05, 0.1) is 6.54 Å². The first kappa shape index (κ1) is 16.9. The van der Waals surface area contributed by atoms with Crippen molar-refractivity contribution in [1.29, 1.82) is 0 Å². The Kier molecular flexibility index (Phi) is 5.91. The summed E-state index contributed by atoms with van der Waals surface area (Å²) in [6, 6.07) is 3.21. The molecule has 1 heterocycles. The second kappa shape index (κ2) is 7.01. The molecule has 1 aromatic heterocycles. The number of amides is 1. The standard InChI is InChI=1S/C13H20N2O3S2/c1-5-15(9-11(2)3)12(16)10-14(4)20(17,18)13-7-6-8-19-13/h6-8H,2,5,9-10H2,1,3-4H3. The highest BCUT2D eigenvalue weighted by atomic mass is 32.2. The summed E-state index contributed by atoms with van der Waals surface area (Å²) in [7, 11) is -2.16. The average molecular weight is 316 g/mol. The van der Waals surface area contributed by atoms with Crippen LogP contribution in [0.2, 0.25) is 0 Å². The van der Waals surface area contributed by atoms with Crippen molar-refractivity contribution in [2.75, 3.05) is 26.7 Å². The van der Waals surface area contributed by atoms with E-state index in [1.807, 2.05) is 13.8 Å². The molecule has 0 N–H and O–H groups in total. The van der Waals surface area contributed by atoms with Crippen molar-refractivity contribution >= 4 is 27.3 Å². The number of likely N-dealkylation sites (N-methyl/N-ethyl adjacent to an activating group) is 2. The quantitative estimate of drug-likeness (QED) is 0.721. The average Bonchev–Trinajstić information content (AvgIpc) is 2.89. The normalized spacial score (nSPS) is 11.6. The van der Waals surface area contributed by atoms with Crippen LogP contribution in [0, 0.1) is 0 Å². The summed E-state index contributed by atoms with van der Waals surface area (Å²) >= 11 is 1.14. The molecule has 0 aliphatic carbocycles. The van der Waals surface area contributed by atoms with Gasteiger partial charge in [0.25, 0.3) is 10.0 Å². The molecule has 0 radical (unpaired) electrons. The number of sulfonamides is 1. The van der Waals surface area contributed by atoms with Gasteiger partial charge in [-0.1, -0.05) is 18.2 Å². The highest BCUT2D eigenvalue weighted by Gasteiger charge is 2.25. The zero-order valence-electron chi connectivity index (χ0n) is 12.0. The Hall–Kier alpha value is -1.18. The maximum absolute atomic E-state index is 12.2. The van der Waals surface area contributed by atoms with E-state index < -0.39 is 10.0 Å². The molecule has 0 saturated carbocycles. The van der Waals surface area contributed by atoms with Crippen LogP contribution >= 0.6 is 11.3 Å². The number of carbonyl (C=O) groups excluding carboxylic acids is 1. The topological polar surface area (TPSA) is 57.7 Å². The van der Waals surface area contributed by atoms with Crippen molar-refractivity contribution in [3.05, 3.63) is 29.7 Å². The first-order valence-corrected chi connectivity index (χ1v) is 8.53. The maximum atomic E-state index is 12.2. The zero-order valence-corrected chi connectivity index (χ0v) is 13.6. The van der Waals surface area contributed by atoms with Crippen molar-refractivity contribution in [2.24, 2.45) is 0 Å². The Bertz CT molecular complexity index is 564. The molecule has 7 heteroatoms. The van der Waals surface area contributed by atoms with Crippen LogP contribution in [0.15, 0.2) is 33.9 Å². The second-order valence-electron chi connectivity index (χ2n) is 4.56. The lowest BCUT2D eigenvalue weighted by Gasteiger charge is -2.24. The zero-order chi connectivity index (χ0) is 15.3. The molecule has 1 rings (SSSR count). The molecule has 1 aromatic rings. The van der Waals surface area contributed by atoms with Crippen LogP contribution in [0.3, 0.4) is 0 Å². The lowest BCUT2D eigenvalue weighted by molar-refractivity contribution is -0.130. The number of thiophene rings is 1. The van der Waals surface area contributed by atoms with Gasteiger partial charge in [-0.15, -0.1) is 11.3 Å². The van der Waals surface area contributed by atoms with Crippen LogP contribution in [-0.4, -0.2) is 50.2 Å². The Labute approximate surface area is 124 Å². The summed E-state index contributed by atoms with van der Waals surface area (Å²) in [5.74, 6) is -0.224. The van der Waals surface area contributed by atoms with Gasteiger partial charge in [-0.2, -0.15) is 4.31 Å². The van der Waals surface area contributed by atoms with E-state index in [-0.39, 0.29) is 16.7 Å². The Morgan fingerprint density at radius 1 is 1.40 bits per heavy atom. The third-order valence-electron chi connectivity index (χ3n) is 2.71. The predicted octanol–water partition coefficient (Wildman–Crippen LogP) is 1.79. The number of nitrogens with zero attached hydrogens (tertiary/aromatic N) is 2. The van der Waals surface area contributed by atoms with Gasteiger partial charge < -0.3 is 4.90 Å². The number of rotatable bonds is 7. The Morgan fingerprint density at radius 2 is 2.05 bits per heavy atom. The molecule has 1 amide bonds. The monoisotopic (exact) mass is 316 g/mol. The second-order valence-corrected chi connectivity index (χ2v) is 7.78. The van der Waals surface area contributed by atoms with Crippen LogP contribution < -0.4 is 0 Å². The van der Waals surface area contributed by atoms with Crippen LogP contribution in [-0.2, 0) is 14.8 Å². The fraction of sp³-hybridized carbons (Fsp3) is 0.462. The van der Waals surface area contributed by atoms with E-state index in [0.717, 1.165) is 21.2 Å². The minimum Gasteiger partial charge on any atom is -0.338 e. The summed E-state index contributed by atoms with van der Waals surface area (Å²) < 4.78 is 25.8. The SMILES string of the molecule is C=C(C)CN(CC)C(=O)CN(C)S(=O)(=O)c1cccs1. The Morgan fingerprint density at radius 3 is 2.50 bits per heavy atom. The summed E-state index contributed by atoms with van der Waals surface area (Å²) in [5.41, 5.74) is 0.865. The largest absolute Gasteiger partial charge is 0.338 e. The fourth-order valence-corrected chi connectivity index (χ4v) is 3.96. The molecule has 0 fully saturated rings. The minimum atomic E-state index is -3.58. The van der Waals surface area contributed by atoms with Crippen molar-refractivity contribution in [1.82, 2.24) is 9.21 Å². The molecule has 0 bridgehead atoms. The first-order chi connectivity index (χ1) is 9.28. The maximum Gasteiger partial charge on any atom is 0.252 e. The van der Waals surface area contributed by atoms with Gasteiger partial charge in [-0.05, 0) is 25.3 Å². The lowest BCUT2D eigenvalue weighted by atomic mass is 10.3. The van der Waals surface area contributed by atoms with Gasteiger partial charge in [0, 0.05) is 20.1 Å². The number of hydrogen-bond donors (Lipinski definition) is 0. The van der Waals surface area contributed by atoms with Crippen molar-refractivity contribution in [3.63, 3.8) is 0 Å². The summed E-state index contributed by atoms with van der Waals surface area (Å²) in [6.45, 7) is 8.27. The molecular weight excluding hydrogens is 296 g/mol. The number of carbonyl (C=O) groups is 1. The van der Waals surface area contributed by atoms with E-state index in [0.29, 0.717) is 13.1 Å². The molecule has 112 valence electrons. The molecule has 0 aromatic carbocycles. The molecular formula is C13H20N2O3S2. The number of hydrogen-bond acceptors (Lipinski definition) is 4. The summed E-state index contributed by atoms with van der Waals surface area (Å²) in [5, 5.41) is 1.70. The van der Waals surface area contributed by atoms with Crippen molar-refractivity contribution in [2.45, 2.75) is 18.1 Å². The van der Waals surface area contributed by atoms with Gasteiger partial charge in [-0.3, -0.25) is 4.79 Å². The van der Waals surface area contributed by atoms with Crippen molar-refractivity contribution < 1.29 is 13.2 Å². The minimum absolute atomic E-state index is 0.165. The fourth-order valence-electron chi connectivity index (χ4n) is 1.64. The van der Waals surface area contributed by atoms with Crippen LogP contribution in [0.1, 0.15) is 13.8 Å². The van der Waals surface area contributed by atoms with Gasteiger partial charge in [-0.25, -0.2) is 8.42 Å². The van der Waals surface area contributed by atoms with Crippen LogP contribution in [0.25, 0.3) is 0 Å². The van der Waals surface area contributed by atoms with Crippen LogP contribution in [0.5, 0.6) is 0 Å². The molecule has 0 atom stereocenters. The highest BCUT2D eigenvalue weighted by molar-refractivity contribution is 7.91. The summed E-state index contributed by atoms with van der Waals surface area (Å²) in [4.78, 5) is 13.7. The van der Waals surface area contributed by atoms with Gasteiger partial charge in [0.2, 0.25) is 5.91 Å². The molecule has 0 aliphatic heterocycles. The molecule has 20 heavy (non-hydrogen) atoms. The van der Waals surface area contributed by atoms with E-state index in [9.17, 15) is 13.2 Å². The van der Waals surface area contributed by atoms with E-state index >= 15 is 0 Å². The Balaban J connectivity index is 2.77. The van der Waals surface area contributed by atoms with E-state index in [4.69, 9.17) is 0 Å². The van der Waals surface area contributed by atoms with Crippen molar-refractivity contribution in [3.8, 4) is 0 Å². The van der Waals surface area contributed by atoms with E-state index in [2.05, 4.69) is 6.58 Å². The smallest absolute Gasteiger partial charge is 0.252 e. The van der Waals surface area contributed by atoms with E-state index in [1.165, 1.54) is 13.1 Å². The molecule has 0 unspecified atom stereocenters. The van der Waals surface area contributed by atoms with Gasteiger partial charge in [0.1, 0.15) is 4.21 Å².